The third-order valence-electron chi connectivity index (χ3n) is 2.29. The van der Waals surface area contributed by atoms with Crippen molar-refractivity contribution in [2.24, 2.45) is 0 Å². The summed E-state index contributed by atoms with van der Waals surface area (Å²) in [5.74, 6) is 0.00652. The fourth-order valence-electron chi connectivity index (χ4n) is 1.42. The maximum Gasteiger partial charge on any atom is 0.221 e. The van der Waals surface area contributed by atoms with Crippen LogP contribution in [0.2, 0.25) is 10.0 Å². The first kappa shape index (κ1) is 14.9. The molecule has 1 aromatic rings. The van der Waals surface area contributed by atoms with E-state index in [9.17, 15) is 4.79 Å². The fraction of sp³-hybridized carbons (Fsp3) is 0.417. The van der Waals surface area contributed by atoms with Gasteiger partial charge in [-0.05, 0) is 18.6 Å². The molecule has 1 rings (SSSR count). The number of benzene rings is 1. The summed E-state index contributed by atoms with van der Waals surface area (Å²) in [5, 5.41) is 6.73. The van der Waals surface area contributed by atoms with Gasteiger partial charge in [0.05, 0.1) is 15.7 Å². The molecule has 0 radical (unpaired) electrons. The highest BCUT2D eigenvalue weighted by Crippen LogP contribution is 2.32. The van der Waals surface area contributed by atoms with Gasteiger partial charge in [-0.15, -0.1) is 0 Å². The van der Waals surface area contributed by atoms with Gasteiger partial charge in [0, 0.05) is 25.2 Å². The topological polar surface area (TPSA) is 67.2 Å². The second-order valence-corrected chi connectivity index (χ2v) is 4.70. The lowest BCUT2D eigenvalue weighted by molar-refractivity contribution is -0.120. The van der Waals surface area contributed by atoms with Crippen LogP contribution in [0, 0.1) is 0 Å². The monoisotopic (exact) mass is 289 g/mol. The Morgan fingerprint density at radius 1 is 1.28 bits per heavy atom. The summed E-state index contributed by atoms with van der Waals surface area (Å²) in [5.41, 5.74) is 6.72. The van der Waals surface area contributed by atoms with E-state index in [1.165, 1.54) is 0 Å². The van der Waals surface area contributed by atoms with E-state index in [1.807, 2.05) is 6.92 Å². The van der Waals surface area contributed by atoms with Crippen molar-refractivity contribution in [3.05, 3.63) is 22.2 Å². The van der Waals surface area contributed by atoms with Crippen molar-refractivity contribution < 1.29 is 4.79 Å². The summed E-state index contributed by atoms with van der Waals surface area (Å²) in [6.07, 6.45) is 1.30. The highest BCUT2D eigenvalue weighted by Gasteiger charge is 2.07. The van der Waals surface area contributed by atoms with E-state index in [0.29, 0.717) is 40.9 Å². The van der Waals surface area contributed by atoms with Crippen molar-refractivity contribution in [2.45, 2.75) is 19.8 Å². The summed E-state index contributed by atoms with van der Waals surface area (Å²) in [6.45, 7) is 3.17. The lowest BCUT2D eigenvalue weighted by Gasteiger charge is -2.11. The van der Waals surface area contributed by atoms with Gasteiger partial charge in [0.2, 0.25) is 5.91 Å². The molecule has 100 valence electrons. The second kappa shape index (κ2) is 7.34. The predicted molar refractivity (Wildman–Crippen MR) is 77.3 cm³/mol. The second-order valence-electron chi connectivity index (χ2n) is 3.89. The summed E-state index contributed by atoms with van der Waals surface area (Å²) < 4.78 is 0. The van der Waals surface area contributed by atoms with Crippen molar-refractivity contribution in [1.82, 2.24) is 5.32 Å². The van der Waals surface area contributed by atoms with Crippen molar-refractivity contribution in [2.75, 3.05) is 24.1 Å². The zero-order chi connectivity index (χ0) is 13.5. The van der Waals surface area contributed by atoms with Gasteiger partial charge in [-0.3, -0.25) is 4.79 Å². The van der Waals surface area contributed by atoms with Gasteiger partial charge in [0.15, 0.2) is 0 Å². The minimum Gasteiger partial charge on any atom is -0.399 e. The molecule has 0 bridgehead atoms. The van der Waals surface area contributed by atoms with Crippen LogP contribution in [0.15, 0.2) is 12.1 Å². The number of hydrogen-bond acceptors (Lipinski definition) is 3. The Bertz CT molecular complexity index is 401. The number of nitrogens with one attached hydrogen (secondary N) is 2. The number of rotatable bonds is 6. The van der Waals surface area contributed by atoms with Crippen LogP contribution < -0.4 is 16.4 Å². The number of anilines is 2. The molecule has 0 heterocycles. The number of nitrogens with two attached hydrogens (primary N) is 1. The molecule has 0 saturated carbocycles. The number of hydrogen-bond donors (Lipinski definition) is 3. The molecular formula is C12H17Cl2N3O. The van der Waals surface area contributed by atoms with Crippen molar-refractivity contribution in [3.8, 4) is 0 Å². The minimum absolute atomic E-state index is 0.00652. The van der Waals surface area contributed by atoms with Crippen molar-refractivity contribution >= 4 is 40.5 Å². The molecule has 6 heteroatoms. The number of halogens is 2. The highest BCUT2D eigenvalue weighted by molar-refractivity contribution is 6.39. The highest BCUT2D eigenvalue weighted by atomic mass is 35.5. The standard InChI is InChI=1S/C12H17Cl2N3O/c1-2-4-16-11(18)3-5-17-12-9(13)6-8(15)7-10(12)14/h6-7,17H,2-5,15H2,1H3,(H,16,18). The Balaban J connectivity index is 2.47. The van der Waals surface area contributed by atoms with E-state index < -0.39 is 0 Å². The molecule has 0 spiro atoms. The van der Waals surface area contributed by atoms with Crippen molar-refractivity contribution in [1.29, 1.82) is 0 Å². The Hall–Kier alpha value is -1.13. The average molecular weight is 290 g/mol. The first-order valence-electron chi connectivity index (χ1n) is 5.79. The first-order valence-corrected chi connectivity index (χ1v) is 6.55. The maximum absolute atomic E-state index is 11.4. The molecule has 1 aromatic carbocycles. The van der Waals surface area contributed by atoms with E-state index in [-0.39, 0.29) is 5.91 Å². The average Bonchev–Trinajstić information content (AvgIpc) is 2.29. The van der Waals surface area contributed by atoms with Crippen LogP contribution in [0.5, 0.6) is 0 Å². The third kappa shape index (κ3) is 4.63. The van der Waals surface area contributed by atoms with E-state index in [1.54, 1.807) is 12.1 Å². The molecule has 0 saturated heterocycles. The molecule has 0 aliphatic rings. The molecule has 0 atom stereocenters. The van der Waals surface area contributed by atoms with Crippen LogP contribution in [-0.4, -0.2) is 19.0 Å². The van der Waals surface area contributed by atoms with Gasteiger partial charge in [0.25, 0.3) is 0 Å². The molecule has 0 aliphatic carbocycles. The SMILES string of the molecule is CCCNC(=O)CCNc1c(Cl)cc(N)cc1Cl. The summed E-state index contributed by atoms with van der Waals surface area (Å²) in [4.78, 5) is 11.4. The summed E-state index contributed by atoms with van der Waals surface area (Å²) in [6, 6.07) is 3.24. The Morgan fingerprint density at radius 3 is 2.44 bits per heavy atom. The summed E-state index contributed by atoms with van der Waals surface area (Å²) >= 11 is 12.0. The van der Waals surface area contributed by atoms with E-state index in [4.69, 9.17) is 28.9 Å². The molecule has 0 aliphatic heterocycles. The van der Waals surface area contributed by atoms with E-state index in [2.05, 4.69) is 10.6 Å². The fourth-order valence-corrected chi connectivity index (χ4v) is 2.05. The zero-order valence-electron chi connectivity index (χ0n) is 10.2. The quantitative estimate of drug-likeness (QED) is 0.706. The number of carbonyl (C=O) groups is 1. The van der Waals surface area contributed by atoms with Gasteiger partial charge >= 0.3 is 0 Å². The lowest BCUT2D eigenvalue weighted by Crippen LogP contribution is -2.25. The Labute approximate surface area is 117 Å². The van der Waals surface area contributed by atoms with Gasteiger partial charge in [0.1, 0.15) is 0 Å². The lowest BCUT2D eigenvalue weighted by atomic mass is 10.2. The predicted octanol–water partition coefficient (Wildman–Crippen LogP) is 2.90. The van der Waals surface area contributed by atoms with Crippen LogP contribution in [0.4, 0.5) is 11.4 Å². The molecular weight excluding hydrogens is 273 g/mol. The van der Waals surface area contributed by atoms with Crippen molar-refractivity contribution in [3.63, 3.8) is 0 Å². The zero-order valence-corrected chi connectivity index (χ0v) is 11.7. The molecule has 0 fully saturated rings. The van der Waals surface area contributed by atoms with Crippen LogP contribution in [0.3, 0.4) is 0 Å². The number of amides is 1. The molecule has 4 N–H and O–H groups in total. The normalized spacial score (nSPS) is 10.2. The van der Waals surface area contributed by atoms with Gasteiger partial charge in [-0.2, -0.15) is 0 Å². The molecule has 18 heavy (non-hydrogen) atoms. The minimum atomic E-state index is 0.00652. The molecule has 1 amide bonds. The first-order chi connectivity index (χ1) is 8.54. The van der Waals surface area contributed by atoms with Gasteiger partial charge in [-0.1, -0.05) is 30.1 Å². The van der Waals surface area contributed by atoms with Crippen LogP contribution in [-0.2, 0) is 4.79 Å². The molecule has 0 unspecified atom stereocenters. The number of carbonyl (C=O) groups excluding carboxylic acids is 1. The van der Waals surface area contributed by atoms with Gasteiger partial charge < -0.3 is 16.4 Å². The van der Waals surface area contributed by atoms with E-state index >= 15 is 0 Å². The molecule has 4 nitrogen and oxygen atoms in total. The Morgan fingerprint density at radius 2 is 1.89 bits per heavy atom. The van der Waals surface area contributed by atoms with Crippen LogP contribution in [0.1, 0.15) is 19.8 Å². The third-order valence-corrected chi connectivity index (χ3v) is 2.89. The van der Waals surface area contributed by atoms with Crippen LogP contribution in [0.25, 0.3) is 0 Å². The summed E-state index contributed by atoms with van der Waals surface area (Å²) in [7, 11) is 0. The number of nitrogen functional groups attached to an aromatic ring is 1. The Kier molecular flexibility index (Phi) is 6.09. The maximum atomic E-state index is 11.4. The van der Waals surface area contributed by atoms with Gasteiger partial charge in [-0.25, -0.2) is 0 Å². The molecule has 0 aromatic heterocycles. The van der Waals surface area contributed by atoms with Crippen LogP contribution >= 0.6 is 23.2 Å². The largest absolute Gasteiger partial charge is 0.399 e. The smallest absolute Gasteiger partial charge is 0.221 e. The van der Waals surface area contributed by atoms with E-state index in [0.717, 1.165) is 6.42 Å².